The van der Waals surface area contributed by atoms with Crippen LogP contribution in [-0.2, 0) is 13.0 Å². The highest BCUT2D eigenvalue weighted by Crippen LogP contribution is 2.40. The number of aromatic nitrogens is 1. The first kappa shape index (κ1) is 39.3. The average molecular weight is 693 g/mol. The quantitative estimate of drug-likeness (QED) is 0.0911. The van der Waals surface area contributed by atoms with Crippen molar-refractivity contribution < 1.29 is 15.0 Å². The van der Waals surface area contributed by atoms with Gasteiger partial charge >= 0.3 is 0 Å². The zero-order chi connectivity index (χ0) is 37.1. The van der Waals surface area contributed by atoms with Crippen LogP contribution < -0.4 is 10.2 Å². The van der Waals surface area contributed by atoms with E-state index in [9.17, 15) is 15.0 Å². The number of nitrogens with one attached hydrogen (secondary N) is 1. The number of rotatable bonds is 19. The van der Waals surface area contributed by atoms with Crippen LogP contribution in [0.5, 0.6) is 11.5 Å². The summed E-state index contributed by atoms with van der Waals surface area (Å²) in [7, 11) is 0. The number of hydrogen-bond donors (Lipinski definition) is 3. The number of hydrogen-bond acceptors (Lipinski definition) is 5. The van der Waals surface area contributed by atoms with Gasteiger partial charge in [0.05, 0.1) is 0 Å². The van der Waals surface area contributed by atoms with Gasteiger partial charge in [-0.3, -0.25) is 4.79 Å². The van der Waals surface area contributed by atoms with Crippen LogP contribution >= 0.6 is 0 Å². The first-order valence-electron chi connectivity index (χ1n) is 18.9. The van der Waals surface area contributed by atoms with E-state index in [2.05, 4.69) is 88.0 Å². The summed E-state index contributed by atoms with van der Waals surface area (Å²) in [5.74, 6) is 0.453. The molecule has 51 heavy (non-hydrogen) atoms. The molecule has 3 N–H and O–H groups in total. The number of amides is 1. The minimum Gasteiger partial charge on any atom is -0.506 e. The summed E-state index contributed by atoms with van der Waals surface area (Å²) < 4.78 is 2.49. The Kier molecular flexibility index (Phi) is 14.4. The van der Waals surface area contributed by atoms with Gasteiger partial charge in [-0.25, -0.2) is 0 Å². The second-order valence-corrected chi connectivity index (χ2v) is 14.2. The monoisotopic (exact) mass is 692 g/mol. The number of aryl methyl sites for hydroxylation is 2. The molecule has 0 aliphatic rings. The molecule has 0 spiro atoms. The predicted molar refractivity (Wildman–Crippen MR) is 215 cm³/mol. The SMILES string of the molecule is C=CN(/C=C\C(C)CC)c1c(O)cc(NC(=O)c2ccc(Cc3ccc4c(c3)c(C)c(C)n4CCCN(CCC)CCC(C)CC)cc2)cc1O. The zero-order valence-electron chi connectivity index (χ0n) is 32.0. The molecule has 0 aliphatic carbocycles. The molecule has 1 aromatic heterocycles. The Morgan fingerprint density at radius 2 is 1.61 bits per heavy atom. The molecule has 1 heterocycles. The fraction of sp³-hybridized carbons (Fsp3) is 0.432. The first-order chi connectivity index (χ1) is 24.5. The van der Waals surface area contributed by atoms with Crippen molar-refractivity contribution in [3.8, 4) is 11.5 Å². The molecule has 0 saturated heterocycles. The van der Waals surface area contributed by atoms with Crippen molar-refractivity contribution in [2.24, 2.45) is 11.8 Å². The molecule has 3 aromatic carbocycles. The fourth-order valence-corrected chi connectivity index (χ4v) is 6.56. The van der Waals surface area contributed by atoms with Crippen LogP contribution in [-0.4, -0.2) is 45.2 Å². The van der Waals surface area contributed by atoms with Gasteiger partial charge in [0.2, 0.25) is 0 Å². The maximum absolute atomic E-state index is 13.1. The molecule has 7 nitrogen and oxygen atoms in total. The standard InChI is InChI=1S/C44H60N4O3/c1-9-22-46(25-20-31(5)10-2)23-13-24-48-34(8)33(7)39-28-36(16-19-40(39)48)27-35-14-17-37(18-15-35)44(51)45-38-29-41(49)43(42(50)30-38)47(12-4)26-21-32(6)11-3/h12,14-19,21,26,28-32,49-50H,4,9-11,13,20,22-25,27H2,1-3,5-8H3,(H,45,51)/b26-21-. The van der Waals surface area contributed by atoms with E-state index in [0.717, 1.165) is 43.8 Å². The maximum atomic E-state index is 13.1. The largest absolute Gasteiger partial charge is 0.506 e. The highest BCUT2D eigenvalue weighted by atomic mass is 16.3. The zero-order valence-corrected chi connectivity index (χ0v) is 32.0. The molecular formula is C44H60N4O3. The van der Waals surface area contributed by atoms with Crippen molar-refractivity contribution >= 4 is 28.2 Å². The molecule has 274 valence electrons. The Morgan fingerprint density at radius 1 is 0.922 bits per heavy atom. The van der Waals surface area contributed by atoms with Crippen molar-refractivity contribution in [3.63, 3.8) is 0 Å². The van der Waals surface area contributed by atoms with E-state index in [4.69, 9.17) is 0 Å². The van der Waals surface area contributed by atoms with Crippen molar-refractivity contribution in [1.82, 2.24) is 9.47 Å². The van der Waals surface area contributed by atoms with Gasteiger partial charge in [0.1, 0.15) is 17.2 Å². The first-order valence-corrected chi connectivity index (χ1v) is 18.9. The molecule has 0 aliphatic heterocycles. The number of aromatic hydroxyl groups is 2. The van der Waals surface area contributed by atoms with E-state index in [0.29, 0.717) is 17.2 Å². The smallest absolute Gasteiger partial charge is 0.255 e. The number of carbonyl (C=O) groups excluding carboxylic acids is 1. The van der Waals surface area contributed by atoms with Crippen molar-refractivity contribution in [2.75, 3.05) is 29.9 Å². The van der Waals surface area contributed by atoms with Gasteiger partial charge in [-0.1, -0.05) is 78.3 Å². The van der Waals surface area contributed by atoms with Gasteiger partial charge < -0.3 is 29.9 Å². The van der Waals surface area contributed by atoms with Gasteiger partial charge in [-0.2, -0.15) is 0 Å². The molecule has 0 saturated carbocycles. The van der Waals surface area contributed by atoms with Gasteiger partial charge in [0.25, 0.3) is 5.91 Å². The van der Waals surface area contributed by atoms with Gasteiger partial charge in [0, 0.05) is 58.9 Å². The summed E-state index contributed by atoms with van der Waals surface area (Å²) >= 11 is 0. The summed E-state index contributed by atoms with van der Waals surface area (Å²) in [5, 5.41) is 25.6. The Balaban J connectivity index is 1.40. The third-order valence-electron chi connectivity index (χ3n) is 10.4. The van der Waals surface area contributed by atoms with Gasteiger partial charge in [-0.15, -0.1) is 0 Å². The molecule has 4 aromatic rings. The van der Waals surface area contributed by atoms with Crippen LogP contribution in [0.25, 0.3) is 10.9 Å². The second-order valence-electron chi connectivity index (χ2n) is 14.2. The van der Waals surface area contributed by atoms with Crippen molar-refractivity contribution in [1.29, 1.82) is 0 Å². The molecule has 2 atom stereocenters. The number of phenols is 2. The number of benzene rings is 3. The van der Waals surface area contributed by atoms with E-state index < -0.39 is 0 Å². The Hall–Kier alpha value is -4.49. The lowest BCUT2D eigenvalue weighted by molar-refractivity contribution is 0.102. The summed E-state index contributed by atoms with van der Waals surface area (Å²) in [6, 6.07) is 17.3. The average Bonchev–Trinajstić information content (AvgIpc) is 3.35. The summed E-state index contributed by atoms with van der Waals surface area (Å²) in [6.45, 7) is 23.9. The molecule has 0 radical (unpaired) electrons. The highest BCUT2D eigenvalue weighted by Gasteiger charge is 2.17. The van der Waals surface area contributed by atoms with Crippen LogP contribution in [0.2, 0.25) is 0 Å². The normalized spacial score (nSPS) is 12.9. The number of phenolic OH excluding ortho intramolecular Hbond substituents is 2. The molecule has 1 amide bonds. The number of allylic oxidation sites excluding steroid dienone is 1. The lowest BCUT2D eigenvalue weighted by atomic mass is 10.0. The second kappa shape index (κ2) is 18.7. The van der Waals surface area contributed by atoms with E-state index in [1.807, 2.05) is 30.3 Å². The maximum Gasteiger partial charge on any atom is 0.255 e. The Bertz CT molecular complexity index is 1770. The van der Waals surface area contributed by atoms with E-state index in [1.54, 1.807) is 11.1 Å². The Morgan fingerprint density at radius 3 is 2.24 bits per heavy atom. The van der Waals surface area contributed by atoms with Gasteiger partial charge in [0.15, 0.2) is 0 Å². The van der Waals surface area contributed by atoms with Crippen LogP contribution in [0.3, 0.4) is 0 Å². The molecule has 4 rings (SSSR count). The summed E-state index contributed by atoms with van der Waals surface area (Å²) in [6.07, 6.45) is 11.9. The van der Waals surface area contributed by atoms with E-state index in [-0.39, 0.29) is 23.1 Å². The highest BCUT2D eigenvalue weighted by molar-refractivity contribution is 6.04. The third-order valence-corrected chi connectivity index (χ3v) is 10.4. The molecule has 7 heteroatoms. The van der Waals surface area contributed by atoms with Crippen molar-refractivity contribution in [2.45, 2.75) is 93.5 Å². The minimum absolute atomic E-state index is 0.168. The predicted octanol–water partition coefficient (Wildman–Crippen LogP) is 10.6. The fourth-order valence-electron chi connectivity index (χ4n) is 6.56. The number of nitrogens with zero attached hydrogens (tertiary/aromatic N) is 3. The number of anilines is 2. The number of fused-ring (bicyclic) bond motifs is 1. The molecule has 0 fully saturated rings. The Labute approximate surface area is 306 Å². The van der Waals surface area contributed by atoms with Crippen LogP contribution in [0.1, 0.15) is 99.5 Å². The summed E-state index contributed by atoms with van der Waals surface area (Å²) in [5.41, 5.74) is 7.31. The van der Waals surface area contributed by atoms with Crippen LogP contribution in [0, 0.1) is 25.7 Å². The molecule has 2 unspecified atom stereocenters. The lowest BCUT2D eigenvalue weighted by Crippen LogP contribution is -2.28. The number of carbonyl (C=O) groups is 1. The van der Waals surface area contributed by atoms with E-state index in [1.165, 1.54) is 78.4 Å². The minimum atomic E-state index is -0.326. The summed E-state index contributed by atoms with van der Waals surface area (Å²) in [4.78, 5) is 17.3. The van der Waals surface area contributed by atoms with E-state index >= 15 is 0 Å². The molecule has 0 bridgehead atoms. The lowest BCUT2D eigenvalue weighted by Gasteiger charge is -2.23. The third kappa shape index (κ3) is 10.3. The van der Waals surface area contributed by atoms with Crippen LogP contribution in [0.4, 0.5) is 11.4 Å². The topological polar surface area (TPSA) is 81.0 Å². The molecular weight excluding hydrogens is 633 g/mol. The van der Waals surface area contributed by atoms with Gasteiger partial charge in [-0.05, 0) is 112 Å². The van der Waals surface area contributed by atoms with Crippen molar-refractivity contribution in [3.05, 3.63) is 108 Å². The van der Waals surface area contributed by atoms with Crippen LogP contribution in [0.15, 0.2) is 79.7 Å².